The summed E-state index contributed by atoms with van der Waals surface area (Å²) < 4.78 is 6.19. The third-order valence-corrected chi connectivity index (χ3v) is 7.74. The van der Waals surface area contributed by atoms with Crippen LogP contribution in [0.25, 0.3) is 0 Å². The molecule has 32 heavy (non-hydrogen) atoms. The normalized spacial score (nSPS) is 18.6. The highest BCUT2D eigenvalue weighted by atomic mass is 32.2. The number of carbonyl (C=O) groups is 1. The summed E-state index contributed by atoms with van der Waals surface area (Å²) >= 11 is 1.34. The van der Waals surface area contributed by atoms with Gasteiger partial charge < -0.3 is 9.84 Å². The standard InChI is InChI=1S/C28H26O3S/c29-24-19-28(21-13-3-1-4-14-21,22-15-5-2-6-16-22)31-27(30)26(24)32-25-18-10-9-17-23(25)20-11-7-8-12-20/h1-6,9-10,13-18,20,29H,7-8,11-12,19H2. The van der Waals surface area contributed by atoms with E-state index in [1.54, 1.807) is 0 Å². The average Bonchev–Trinajstić information content (AvgIpc) is 3.37. The molecule has 0 bridgehead atoms. The summed E-state index contributed by atoms with van der Waals surface area (Å²) in [5, 5.41) is 11.2. The molecule has 1 heterocycles. The highest BCUT2D eigenvalue weighted by Gasteiger charge is 2.45. The molecule has 5 rings (SSSR count). The summed E-state index contributed by atoms with van der Waals surface area (Å²) in [7, 11) is 0. The number of hydrogen-bond donors (Lipinski definition) is 1. The first kappa shape index (κ1) is 20.9. The summed E-state index contributed by atoms with van der Waals surface area (Å²) in [5.74, 6) is 0.127. The topological polar surface area (TPSA) is 46.5 Å². The number of rotatable bonds is 5. The molecule has 0 unspecified atom stereocenters. The summed E-state index contributed by atoms with van der Waals surface area (Å²) in [6.07, 6.45) is 5.06. The van der Waals surface area contributed by atoms with E-state index in [1.165, 1.54) is 43.0 Å². The molecule has 1 aliphatic heterocycles. The van der Waals surface area contributed by atoms with Crippen LogP contribution in [-0.2, 0) is 15.1 Å². The van der Waals surface area contributed by atoms with E-state index < -0.39 is 11.6 Å². The van der Waals surface area contributed by atoms with Crippen molar-refractivity contribution in [3.05, 3.63) is 112 Å². The number of carbonyl (C=O) groups excluding carboxylic acids is 1. The Kier molecular flexibility index (Phi) is 5.79. The molecule has 1 saturated carbocycles. The van der Waals surface area contributed by atoms with E-state index in [9.17, 15) is 9.90 Å². The third kappa shape index (κ3) is 3.84. The zero-order valence-electron chi connectivity index (χ0n) is 17.9. The quantitative estimate of drug-likeness (QED) is 0.428. The number of ether oxygens (including phenoxy) is 1. The lowest BCUT2D eigenvalue weighted by atomic mass is 9.81. The molecule has 0 saturated heterocycles. The Labute approximate surface area is 193 Å². The van der Waals surface area contributed by atoms with Gasteiger partial charge >= 0.3 is 5.97 Å². The summed E-state index contributed by atoms with van der Waals surface area (Å²) in [4.78, 5) is 14.7. The van der Waals surface area contributed by atoms with Gasteiger partial charge in [0.25, 0.3) is 0 Å². The number of thioether (sulfide) groups is 1. The molecule has 1 aliphatic carbocycles. The fourth-order valence-electron chi connectivity index (χ4n) is 4.94. The van der Waals surface area contributed by atoms with Crippen LogP contribution in [0.2, 0.25) is 0 Å². The first-order chi connectivity index (χ1) is 15.7. The van der Waals surface area contributed by atoms with Gasteiger partial charge in [-0.15, -0.1) is 0 Å². The highest BCUT2D eigenvalue weighted by molar-refractivity contribution is 8.04. The van der Waals surface area contributed by atoms with Gasteiger partial charge in [0.1, 0.15) is 10.7 Å². The van der Waals surface area contributed by atoms with Gasteiger partial charge in [0.05, 0.1) is 6.42 Å². The Hall–Kier alpha value is -2.98. The summed E-state index contributed by atoms with van der Waals surface area (Å²) in [6, 6.07) is 27.6. The second-order valence-electron chi connectivity index (χ2n) is 8.52. The van der Waals surface area contributed by atoms with E-state index in [4.69, 9.17) is 4.74 Å². The van der Waals surface area contributed by atoms with E-state index >= 15 is 0 Å². The predicted molar refractivity (Wildman–Crippen MR) is 128 cm³/mol. The summed E-state index contributed by atoms with van der Waals surface area (Å²) in [6.45, 7) is 0. The predicted octanol–water partition coefficient (Wildman–Crippen LogP) is 7.10. The molecule has 4 heteroatoms. The van der Waals surface area contributed by atoms with Crippen molar-refractivity contribution < 1.29 is 14.6 Å². The third-order valence-electron chi connectivity index (χ3n) is 6.54. The molecule has 0 aromatic heterocycles. The lowest BCUT2D eigenvalue weighted by molar-refractivity contribution is -0.154. The van der Waals surface area contributed by atoms with Crippen LogP contribution in [0, 0.1) is 0 Å². The lowest BCUT2D eigenvalue weighted by Crippen LogP contribution is -2.38. The van der Waals surface area contributed by atoms with Gasteiger partial charge in [0.2, 0.25) is 0 Å². The van der Waals surface area contributed by atoms with Crippen molar-refractivity contribution in [3.8, 4) is 0 Å². The largest absolute Gasteiger partial charge is 0.511 e. The van der Waals surface area contributed by atoms with Gasteiger partial charge in [0, 0.05) is 16.0 Å². The molecule has 0 amide bonds. The van der Waals surface area contributed by atoms with Crippen molar-refractivity contribution in [2.75, 3.05) is 0 Å². The van der Waals surface area contributed by atoms with E-state index in [1.807, 2.05) is 72.8 Å². The number of aliphatic hydroxyl groups excluding tert-OH is 1. The Morgan fingerprint density at radius 1 is 0.812 bits per heavy atom. The molecule has 3 nitrogen and oxygen atoms in total. The molecule has 162 valence electrons. The molecule has 2 aliphatic rings. The first-order valence-electron chi connectivity index (χ1n) is 11.2. The second kappa shape index (κ2) is 8.87. The number of hydrogen-bond acceptors (Lipinski definition) is 4. The highest BCUT2D eigenvalue weighted by Crippen LogP contribution is 2.48. The molecule has 3 aromatic rings. The smallest absolute Gasteiger partial charge is 0.349 e. The van der Waals surface area contributed by atoms with Crippen LogP contribution >= 0.6 is 11.8 Å². The molecule has 1 N–H and O–H groups in total. The van der Waals surface area contributed by atoms with Crippen LogP contribution in [0.3, 0.4) is 0 Å². The van der Waals surface area contributed by atoms with E-state index in [0.29, 0.717) is 5.92 Å². The maximum atomic E-state index is 13.3. The van der Waals surface area contributed by atoms with Gasteiger partial charge in [0.15, 0.2) is 5.60 Å². The van der Waals surface area contributed by atoms with Crippen LogP contribution in [0.1, 0.15) is 54.7 Å². The Bertz CT molecular complexity index is 1090. The minimum absolute atomic E-state index is 0.0835. The fraction of sp³-hybridized carbons (Fsp3) is 0.250. The number of cyclic esters (lactones) is 1. The molecule has 1 fully saturated rings. The Morgan fingerprint density at radius 2 is 1.38 bits per heavy atom. The lowest BCUT2D eigenvalue weighted by Gasteiger charge is -2.38. The van der Waals surface area contributed by atoms with Gasteiger partial charge in [-0.05, 0) is 30.4 Å². The van der Waals surface area contributed by atoms with Gasteiger partial charge in [-0.25, -0.2) is 4.79 Å². The van der Waals surface area contributed by atoms with Crippen LogP contribution in [0.5, 0.6) is 0 Å². The molecule has 3 aromatic carbocycles. The molecule has 0 atom stereocenters. The Morgan fingerprint density at radius 3 is 1.97 bits per heavy atom. The van der Waals surface area contributed by atoms with Gasteiger partial charge in [-0.2, -0.15) is 0 Å². The molecule has 0 spiro atoms. The van der Waals surface area contributed by atoms with Crippen molar-refractivity contribution >= 4 is 17.7 Å². The van der Waals surface area contributed by atoms with Crippen LogP contribution in [-0.4, -0.2) is 11.1 Å². The number of aliphatic hydroxyl groups is 1. The monoisotopic (exact) mass is 442 g/mol. The first-order valence-corrected chi connectivity index (χ1v) is 12.0. The van der Waals surface area contributed by atoms with Crippen LogP contribution in [0.4, 0.5) is 0 Å². The molecular weight excluding hydrogens is 416 g/mol. The van der Waals surface area contributed by atoms with Gasteiger partial charge in [-0.1, -0.05) is 103 Å². The van der Waals surface area contributed by atoms with Crippen LogP contribution in [0.15, 0.2) is 100 Å². The SMILES string of the molecule is O=C1OC(c2ccccc2)(c2ccccc2)CC(O)=C1Sc1ccccc1C1CCCC1. The Balaban J connectivity index is 1.53. The molecule has 0 radical (unpaired) electrons. The van der Waals surface area contributed by atoms with Crippen molar-refractivity contribution in [1.29, 1.82) is 0 Å². The van der Waals surface area contributed by atoms with Crippen molar-refractivity contribution in [3.63, 3.8) is 0 Å². The summed E-state index contributed by atoms with van der Waals surface area (Å²) in [5.41, 5.74) is 1.92. The van der Waals surface area contributed by atoms with Crippen molar-refractivity contribution in [1.82, 2.24) is 0 Å². The maximum absolute atomic E-state index is 13.3. The number of benzene rings is 3. The van der Waals surface area contributed by atoms with E-state index in [-0.39, 0.29) is 17.1 Å². The van der Waals surface area contributed by atoms with E-state index in [0.717, 1.165) is 16.0 Å². The minimum atomic E-state index is -1.04. The molecular formula is C28H26O3S. The van der Waals surface area contributed by atoms with Crippen LogP contribution < -0.4 is 0 Å². The second-order valence-corrected chi connectivity index (χ2v) is 9.57. The maximum Gasteiger partial charge on any atom is 0.349 e. The number of esters is 1. The van der Waals surface area contributed by atoms with Crippen molar-refractivity contribution in [2.45, 2.75) is 48.5 Å². The zero-order valence-corrected chi connectivity index (χ0v) is 18.7. The van der Waals surface area contributed by atoms with Gasteiger partial charge in [-0.3, -0.25) is 0 Å². The van der Waals surface area contributed by atoms with E-state index in [2.05, 4.69) is 12.1 Å². The minimum Gasteiger partial charge on any atom is -0.511 e. The van der Waals surface area contributed by atoms with Crippen molar-refractivity contribution in [2.24, 2.45) is 0 Å². The fourth-order valence-corrected chi connectivity index (χ4v) is 5.97. The zero-order chi connectivity index (χ0) is 22.0. The average molecular weight is 443 g/mol.